The Kier molecular flexibility index (Phi) is 4.39. The second-order valence-electron chi connectivity index (χ2n) is 6.29. The van der Waals surface area contributed by atoms with E-state index in [1.165, 1.54) is 31.7 Å². The third-order valence-electron chi connectivity index (χ3n) is 3.94. The van der Waals surface area contributed by atoms with Crippen LogP contribution in [0.15, 0.2) is 24.3 Å². The van der Waals surface area contributed by atoms with Crippen molar-refractivity contribution in [3.63, 3.8) is 0 Å². The summed E-state index contributed by atoms with van der Waals surface area (Å²) >= 11 is 0. The van der Waals surface area contributed by atoms with Crippen LogP contribution in [0.3, 0.4) is 0 Å². The predicted octanol–water partition coefficient (Wildman–Crippen LogP) is 3.93. The van der Waals surface area contributed by atoms with Crippen molar-refractivity contribution in [3.05, 3.63) is 35.6 Å². The third-order valence-corrected chi connectivity index (χ3v) is 3.94. The average molecular weight is 249 g/mol. The first-order valence-electron chi connectivity index (χ1n) is 7.03. The molecule has 1 aromatic carbocycles. The number of nitrogens with one attached hydrogen (secondary N) is 1. The summed E-state index contributed by atoms with van der Waals surface area (Å²) < 4.78 is 13.0. The van der Waals surface area contributed by atoms with Gasteiger partial charge in [-0.25, -0.2) is 4.39 Å². The van der Waals surface area contributed by atoms with Gasteiger partial charge in [0.2, 0.25) is 0 Å². The fraction of sp³-hybridized carbons (Fsp3) is 0.625. The van der Waals surface area contributed by atoms with Gasteiger partial charge in [0.25, 0.3) is 0 Å². The quantitative estimate of drug-likeness (QED) is 0.852. The van der Waals surface area contributed by atoms with Crippen molar-refractivity contribution in [2.75, 3.05) is 6.54 Å². The molecule has 0 radical (unpaired) electrons. The summed E-state index contributed by atoms with van der Waals surface area (Å²) in [4.78, 5) is 0. The SMILES string of the molecule is CC1(C)CCCC(NCCc2cccc(F)c2)C1. The number of benzene rings is 1. The predicted molar refractivity (Wildman–Crippen MR) is 74.1 cm³/mol. The monoisotopic (exact) mass is 249 g/mol. The van der Waals surface area contributed by atoms with Gasteiger partial charge in [0.15, 0.2) is 0 Å². The fourth-order valence-corrected chi connectivity index (χ4v) is 2.99. The van der Waals surface area contributed by atoms with Crippen LogP contribution < -0.4 is 5.32 Å². The summed E-state index contributed by atoms with van der Waals surface area (Å²) in [6.45, 7) is 5.66. The standard InChI is InChI=1S/C16H24FN/c1-16(2)9-4-7-15(12-16)18-10-8-13-5-3-6-14(17)11-13/h3,5-6,11,15,18H,4,7-10,12H2,1-2H3. The average Bonchev–Trinajstić information content (AvgIpc) is 2.28. The second-order valence-corrected chi connectivity index (χ2v) is 6.29. The summed E-state index contributed by atoms with van der Waals surface area (Å²) in [7, 11) is 0. The minimum absolute atomic E-state index is 0.133. The molecule has 100 valence electrons. The van der Waals surface area contributed by atoms with E-state index in [1.54, 1.807) is 12.1 Å². The van der Waals surface area contributed by atoms with Gasteiger partial charge in [-0.3, -0.25) is 0 Å². The van der Waals surface area contributed by atoms with E-state index in [0.717, 1.165) is 18.5 Å². The fourth-order valence-electron chi connectivity index (χ4n) is 2.99. The highest BCUT2D eigenvalue weighted by Crippen LogP contribution is 2.34. The number of halogens is 1. The van der Waals surface area contributed by atoms with E-state index in [-0.39, 0.29) is 5.82 Å². The van der Waals surface area contributed by atoms with Gasteiger partial charge in [-0.05, 0) is 55.3 Å². The van der Waals surface area contributed by atoms with E-state index in [1.807, 2.05) is 6.07 Å². The first kappa shape index (κ1) is 13.5. The molecule has 1 nitrogen and oxygen atoms in total. The molecule has 1 unspecified atom stereocenters. The van der Waals surface area contributed by atoms with E-state index in [0.29, 0.717) is 11.5 Å². The molecule has 0 aromatic heterocycles. The zero-order chi connectivity index (χ0) is 13.0. The first-order valence-corrected chi connectivity index (χ1v) is 7.03. The summed E-state index contributed by atoms with van der Waals surface area (Å²) in [6, 6.07) is 7.55. The smallest absolute Gasteiger partial charge is 0.123 e. The van der Waals surface area contributed by atoms with Crippen LogP contribution >= 0.6 is 0 Å². The van der Waals surface area contributed by atoms with E-state index in [2.05, 4.69) is 19.2 Å². The van der Waals surface area contributed by atoms with Gasteiger partial charge >= 0.3 is 0 Å². The van der Waals surface area contributed by atoms with Gasteiger partial charge in [-0.1, -0.05) is 32.4 Å². The van der Waals surface area contributed by atoms with Crippen LogP contribution in [0.5, 0.6) is 0 Å². The van der Waals surface area contributed by atoms with Crippen LogP contribution in [0.2, 0.25) is 0 Å². The molecule has 18 heavy (non-hydrogen) atoms. The first-order chi connectivity index (χ1) is 8.55. The molecule has 1 aliphatic rings. The van der Waals surface area contributed by atoms with Gasteiger partial charge in [-0.2, -0.15) is 0 Å². The lowest BCUT2D eigenvalue weighted by molar-refractivity contribution is 0.199. The molecule has 0 amide bonds. The Hall–Kier alpha value is -0.890. The molecule has 1 atom stereocenters. The molecule has 1 aliphatic carbocycles. The minimum Gasteiger partial charge on any atom is -0.314 e. The Morgan fingerprint density at radius 1 is 1.39 bits per heavy atom. The Bertz CT molecular complexity index is 386. The zero-order valence-corrected chi connectivity index (χ0v) is 11.5. The van der Waals surface area contributed by atoms with Crippen molar-refractivity contribution in [1.29, 1.82) is 0 Å². The van der Waals surface area contributed by atoms with Crippen LogP contribution in [0, 0.1) is 11.2 Å². The van der Waals surface area contributed by atoms with Crippen LogP contribution in [0.1, 0.15) is 45.1 Å². The van der Waals surface area contributed by atoms with Crippen LogP contribution in [-0.2, 0) is 6.42 Å². The molecule has 0 heterocycles. The normalized spacial score (nSPS) is 22.9. The Balaban J connectivity index is 1.75. The number of rotatable bonds is 4. The van der Waals surface area contributed by atoms with E-state index in [9.17, 15) is 4.39 Å². The summed E-state index contributed by atoms with van der Waals surface area (Å²) in [5.41, 5.74) is 1.56. The number of hydrogen-bond acceptors (Lipinski definition) is 1. The van der Waals surface area contributed by atoms with Gasteiger partial charge < -0.3 is 5.32 Å². The van der Waals surface area contributed by atoms with Crippen molar-refractivity contribution in [1.82, 2.24) is 5.32 Å². The highest BCUT2D eigenvalue weighted by Gasteiger charge is 2.27. The molecule has 0 spiro atoms. The summed E-state index contributed by atoms with van der Waals surface area (Å²) in [5, 5.41) is 3.62. The van der Waals surface area contributed by atoms with E-state index < -0.39 is 0 Å². The lowest BCUT2D eigenvalue weighted by Gasteiger charge is -2.35. The van der Waals surface area contributed by atoms with Crippen molar-refractivity contribution in [3.8, 4) is 0 Å². The van der Waals surface area contributed by atoms with Crippen molar-refractivity contribution >= 4 is 0 Å². The van der Waals surface area contributed by atoms with Crippen LogP contribution in [-0.4, -0.2) is 12.6 Å². The molecule has 2 heteroatoms. The Morgan fingerprint density at radius 3 is 2.94 bits per heavy atom. The molecule has 2 rings (SSSR count). The van der Waals surface area contributed by atoms with Gasteiger partial charge in [0.05, 0.1) is 0 Å². The Labute approximate surface area is 110 Å². The third kappa shape index (κ3) is 4.09. The van der Waals surface area contributed by atoms with Gasteiger partial charge in [0, 0.05) is 6.04 Å². The van der Waals surface area contributed by atoms with Crippen molar-refractivity contribution < 1.29 is 4.39 Å². The van der Waals surface area contributed by atoms with E-state index >= 15 is 0 Å². The maximum atomic E-state index is 13.0. The molecular weight excluding hydrogens is 225 g/mol. The number of hydrogen-bond donors (Lipinski definition) is 1. The zero-order valence-electron chi connectivity index (χ0n) is 11.5. The van der Waals surface area contributed by atoms with Gasteiger partial charge in [-0.15, -0.1) is 0 Å². The highest BCUT2D eigenvalue weighted by atomic mass is 19.1. The van der Waals surface area contributed by atoms with Crippen molar-refractivity contribution in [2.24, 2.45) is 5.41 Å². The molecule has 0 saturated heterocycles. The second kappa shape index (κ2) is 5.83. The lowest BCUT2D eigenvalue weighted by atomic mass is 9.75. The molecular formula is C16H24FN. The summed E-state index contributed by atoms with van der Waals surface area (Å²) in [6.07, 6.45) is 6.12. The maximum Gasteiger partial charge on any atom is 0.123 e. The molecule has 1 N–H and O–H groups in total. The molecule has 1 aromatic rings. The summed E-state index contributed by atoms with van der Waals surface area (Å²) in [5.74, 6) is -0.133. The van der Waals surface area contributed by atoms with Crippen LogP contribution in [0.4, 0.5) is 4.39 Å². The maximum absolute atomic E-state index is 13.0. The molecule has 0 bridgehead atoms. The topological polar surface area (TPSA) is 12.0 Å². The molecule has 0 aliphatic heterocycles. The highest BCUT2D eigenvalue weighted by molar-refractivity contribution is 5.16. The molecule has 1 fully saturated rings. The van der Waals surface area contributed by atoms with Gasteiger partial charge in [0.1, 0.15) is 5.82 Å². The van der Waals surface area contributed by atoms with Crippen LogP contribution in [0.25, 0.3) is 0 Å². The minimum atomic E-state index is -0.133. The van der Waals surface area contributed by atoms with Crippen molar-refractivity contribution in [2.45, 2.75) is 52.0 Å². The van der Waals surface area contributed by atoms with E-state index in [4.69, 9.17) is 0 Å². The largest absolute Gasteiger partial charge is 0.314 e. The lowest BCUT2D eigenvalue weighted by Crippen LogP contribution is -2.38. The molecule has 1 saturated carbocycles. The Morgan fingerprint density at radius 2 is 2.22 bits per heavy atom.